The molecule has 0 heterocycles. The third-order valence-electron chi connectivity index (χ3n) is 5.84. The number of ether oxygens (including phenoxy) is 1. The molecular formula is C27H38ClN3O5S. The van der Waals surface area contributed by atoms with Crippen molar-refractivity contribution in [3.8, 4) is 5.75 Å². The van der Waals surface area contributed by atoms with E-state index in [4.69, 9.17) is 16.3 Å². The zero-order chi connectivity index (χ0) is 27.6. The third kappa shape index (κ3) is 9.23. The number of carbonyl (C=O) groups excluding carboxylic acids is 2. The van der Waals surface area contributed by atoms with Crippen LogP contribution < -0.4 is 14.4 Å². The first-order chi connectivity index (χ1) is 17.5. The Bertz CT molecular complexity index is 1140. The van der Waals surface area contributed by atoms with Gasteiger partial charge in [0.2, 0.25) is 21.8 Å². The Labute approximate surface area is 226 Å². The highest BCUT2D eigenvalue weighted by atomic mass is 35.5. The topological polar surface area (TPSA) is 96.0 Å². The van der Waals surface area contributed by atoms with Gasteiger partial charge in [-0.1, -0.05) is 56.6 Å². The van der Waals surface area contributed by atoms with Gasteiger partial charge in [-0.3, -0.25) is 13.9 Å². The van der Waals surface area contributed by atoms with E-state index < -0.39 is 16.1 Å². The number of methoxy groups -OCH3 is 1. The molecule has 0 bridgehead atoms. The lowest BCUT2D eigenvalue weighted by atomic mass is 10.1. The molecule has 0 aliphatic carbocycles. The molecule has 10 heteroatoms. The summed E-state index contributed by atoms with van der Waals surface area (Å²) in [7, 11) is -2.14. The molecule has 0 aromatic heterocycles. The van der Waals surface area contributed by atoms with Crippen LogP contribution in [0.5, 0.6) is 5.75 Å². The number of sulfonamides is 1. The predicted molar refractivity (Wildman–Crippen MR) is 148 cm³/mol. The second kappa shape index (κ2) is 14.2. The first kappa shape index (κ1) is 30.4. The molecule has 204 valence electrons. The second-order valence-corrected chi connectivity index (χ2v) is 11.7. The van der Waals surface area contributed by atoms with Crippen molar-refractivity contribution in [2.75, 3.05) is 30.8 Å². The van der Waals surface area contributed by atoms with Crippen LogP contribution in [0.3, 0.4) is 0 Å². The highest BCUT2D eigenvalue weighted by Crippen LogP contribution is 2.30. The molecule has 1 N–H and O–H groups in total. The number of halogens is 1. The maximum Gasteiger partial charge on any atom is 0.242 e. The summed E-state index contributed by atoms with van der Waals surface area (Å²) in [5.41, 5.74) is 1.26. The molecule has 0 spiro atoms. The molecular weight excluding hydrogens is 514 g/mol. The highest BCUT2D eigenvalue weighted by molar-refractivity contribution is 7.92. The van der Waals surface area contributed by atoms with E-state index in [-0.39, 0.29) is 43.7 Å². The fourth-order valence-electron chi connectivity index (χ4n) is 3.95. The first-order valence-electron chi connectivity index (χ1n) is 12.4. The van der Waals surface area contributed by atoms with Crippen LogP contribution in [-0.2, 0) is 26.2 Å². The number of anilines is 1. The third-order valence-corrected chi connectivity index (χ3v) is 7.27. The minimum Gasteiger partial charge on any atom is -0.495 e. The number of carbonyl (C=O) groups is 2. The monoisotopic (exact) mass is 551 g/mol. The van der Waals surface area contributed by atoms with Gasteiger partial charge in [-0.2, -0.15) is 0 Å². The normalized spacial score (nSPS) is 12.2. The summed E-state index contributed by atoms with van der Waals surface area (Å²) in [6.07, 6.45) is 1.91. The number of amides is 2. The lowest BCUT2D eigenvalue weighted by Crippen LogP contribution is -2.49. The number of hydrogen-bond donors (Lipinski definition) is 1. The quantitative estimate of drug-likeness (QED) is 0.373. The van der Waals surface area contributed by atoms with Crippen LogP contribution in [0.2, 0.25) is 5.02 Å². The van der Waals surface area contributed by atoms with E-state index in [2.05, 4.69) is 5.32 Å². The fraction of sp³-hybridized carbons (Fsp3) is 0.481. The summed E-state index contributed by atoms with van der Waals surface area (Å²) < 4.78 is 31.7. The molecule has 2 aromatic carbocycles. The van der Waals surface area contributed by atoms with E-state index in [9.17, 15) is 18.0 Å². The van der Waals surface area contributed by atoms with Gasteiger partial charge < -0.3 is 15.0 Å². The summed E-state index contributed by atoms with van der Waals surface area (Å²) in [6, 6.07) is 13.3. The molecule has 0 unspecified atom stereocenters. The van der Waals surface area contributed by atoms with Gasteiger partial charge in [0.05, 0.1) is 19.1 Å². The maximum atomic E-state index is 13.5. The second-order valence-electron chi connectivity index (χ2n) is 9.32. The summed E-state index contributed by atoms with van der Waals surface area (Å²) in [5.74, 6) is 0.274. The summed E-state index contributed by atoms with van der Waals surface area (Å²) in [5, 5.41) is 3.52. The number of benzene rings is 2. The SMILES string of the molecule is CC[C@@H](C(=O)NCC(C)C)N(Cc1ccc(Cl)cc1)C(=O)CCCN(c1ccccc1OC)S(C)(=O)=O. The average Bonchev–Trinajstić information content (AvgIpc) is 2.85. The van der Waals surface area contributed by atoms with Crippen LogP contribution in [0.1, 0.15) is 45.6 Å². The van der Waals surface area contributed by atoms with E-state index in [0.29, 0.717) is 29.4 Å². The van der Waals surface area contributed by atoms with Crippen LogP contribution in [0.15, 0.2) is 48.5 Å². The molecule has 2 rings (SSSR count). The zero-order valence-electron chi connectivity index (χ0n) is 22.2. The van der Waals surface area contributed by atoms with Crippen LogP contribution in [0.4, 0.5) is 5.69 Å². The largest absolute Gasteiger partial charge is 0.495 e. The predicted octanol–water partition coefficient (Wildman–Crippen LogP) is 4.47. The molecule has 2 amide bonds. The van der Waals surface area contributed by atoms with E-state index in [1.165, 1.54) is 11.4 Å². The van der Waals surface area contributed by atoms with Crippen LogP contribution in [0, 0.1) is 5.92 Å². The van der Waals surface area contributed by atoms with Crippen molar-refractivity contribution in [3.63, 3.8) is 0 Å². The number of hydrogen-bond acceptors (Lipinski definition) is 5. The standard InChI is InChI=1S/C27H38ClN3O5S/c1-6-23(27(33)29-18-20(2)3)30(19-21-13-15-22(28)16-14-21)26(32)12-9-17-31(37(5,34)35)24-10-7-8-11-25(24)36-4/h7-8,10-11,13-16,20,23H,6,9,12,17-19H2,1-5H3,(H,29,33)/t23-/m0/s1. The van der Waals surface area contributed by atoms with Gasteiger partial charge >= 0.3 is 0 Å². The van der Waals surface area contributed by atoms with Crippen molar-refractivity contribution >= 4 is 39.1 Å². The van der Waals surface area contributed by atoms with E-state index in [0.717, 1.165) is 11.8 Å². The van der Waals surface area contributed by atoms with Crippen LogP contribution >= 0.6 is 11.6 Å². The van der Waals surface area contributed by atoms with Crippen LogP contribution in [-0.4, -0.2) is 57.6 Å². The Kier molecular flexibility index (Phi) is 11.7. The average molecular weight is 552 g/mol. The Morgan fingerprint density at radius 1 is 1.08 bits per heavy atom. The molecule has 0 aliphatic rings. The molecule has 0 saturated heterocycles. The van der Waals surface area contributed by atoms with Gasteiger partial charge in [0.15, 0.2) is 0 Å². The minimum atomic E-state index is -3.62. The number of nitrogens with zero attached hydrogens (tertiary/aromatic N) is 2. The Morgan fingerprint density at radius 3 is 2.30 bits per heavy atom. The van der Waals surface area contributed by atoms with Gasteiger partial charge in [0.25, 0.3) is 0 Å². The van der Waals surface area contributed by atoms with Gasteiger partial charge in [-0.25, -0.2) is 8.42 Å². The zero-order valence-corrected chi connectivity index (χ0v) is 23.8. The minimum absolute atomic E-state index is 0.0721. The van der Waals surface area contributed by atoms with Gasteiger partial charge in [0.1, 0.15) is 11.8 Å². The highest BCUT2D eigenvalue weighted by Gasteiger charge is 2.29. The van der Waals surface area contributed by atoms with Crippen molar-refractivity contribution in [1.29, 1.82) is 0 Å². The molecule has 2 aromatic rings. The number of para-hydroxylation sites is 2. The summed E-state index contributed by atoms with van der Waals surface area (Å²) in [4.78, 5) is 28.1. The molecule has 0 saturated carbocycles. The molecule has 0 fully saturated rings. The lowest BCUT2D eigenvalue weighted by Gasteiger charge is -2.31. The smallest absolute Gasteiger partial charge is 0.242 e. The molecule has 8 nitrogen and oxygen atoms in total. The van der Waals surface area contributed by atoms with Crippen molar-refractivity contribution in [2.24, 2.45) is 5.92 Å². The Morgan fingerprint density at radius 2 is 1.73 bits per heavy atom. The molecule has 1 atom stereocenters. The van der Waals surface area contributed by atoms with E-state index >= 15 is 0 Å². The molecule has 0 radical (unpaired) electrons. The molecule has 37 heavy (non-hydrogen) atoms. The summed E-state index contributed by atoms with van der Waals surface area (Å²) >= 11 is 6.02. The Hall–Kier alpha value is -2.78. The van der Waals surface area contributed by atoms with Gasteiger partial charge in [-0.05, 0) is 48.6 Å². The van der Waals surface area contributed by atoms with E-state index in [1.807, 2.05) is 32.9 Å². The van der Waals surface area contributed by atoms with Crippen LogP contribution in [0.25, 0.3) is 0 Å². The Balaban J connectivity index is 2.23. The van der Waals surface area contributed by atoms with Gasteiger partial charge in [-0.15, -0.1) is 0 Å². The number of rotatable bonds is 14. The fourth-order valence-corrected chi connectivity index (χ4v) is 5.04. The van der Waals surface area contributed by atoms with Crippen molar-refractivity contribution < 1.29 is 22.7 Å². The maximum absolute atomic E-state index is 13.5. The lowest BCUT2D eigenvalue weighted by molar-refractivity contribution is -0.141. The van der Waals surface area contributed by atoms with Crippen molar-refractivity contribution in [3.05, 3.63) is 59.1 Å². The van der Waals surface area contributed by atoms with Crippen molar-refractivity contribution in [2.45, 2.75) is 52.6 Å². The van der Waals surface area contributed by atoms with Gasteiger partial charge in [0, 0.05) is 31.1 Å². The first-order valence-corrected chi connectivity index (χ1v) is 14.6. The summed E-state index contributed by atoms with van der Waals surface area (Å²) in [6.45, 7) is 6.73. The van der Waals surface area contributed by atoms with E-state index in [1.54, 1.807) is 41.3 Å². The van der Waals surface area contributed by atoms with Crippen molar-refractivity contribution in [1.82, 2.24) is 10.2 Å². The number of nitrogens with one attached hydrogen (secondary N) is 1. The molecule has 0 aliphatic heterocycles.